The van der Waals surface area contributed by atoms with Gasteiger partial charge in [0.2, 0.25) is 5.91 Å². The van der Waals surface area contributed by atoms with Crippen molar-refractivity contribution in [3.8, 4) is 16.8 Å². The average molecular weight is 629 g/mol. The third-order valence-corrected chi connectivity index (χ3v) is 8.82. The Balaban J connectivity index is 0.00000423. The molecule has 1 aromatic carbocycles. The number of nitriles is 1. The zero-order valence-electron chi connectivity index (χ0n) is 24.1. The van der Waals surface area contributed by atoms with Gasteiger partial charge in [-0.05, 0) is 51.0 Å². The van der Waals surface area contributed by atoms with E-state index < -0.39 is 29.2 Å². The second-order valence-corrected chi connectivity index (χ2v) is 11.1. The van der Waals surface area contributed by atoms with Gasteiger partial charge in [0.25, 0.3) is 5.56 Å². The number of likely N-dealkylation sites (tertiary alicyclic amines) is 1. The summed E-state index contributed by atoms with van der Waals surface area (Å²) in [6, 6.07) is 6.71. The molecular formula is C29H33FN6O5S2. The van der Waals surface area contributed by atoms with Gasteiger partial charge in [0.1, 0.15) is 33.5 Å². The fourth-order valence-electron chi connectivity index (χ4n) is 5.39. The maximum atomic E-state index is 14.4. The monoisotopic (exact) mass is 628 g/mol. The van der Waals surface area contributed by atoms with Crippen molar-refractivity contribution in [2.45, 2.75) is 51.8 Å². The molecular weight excluding hydrogens is 595 g/mol. The Morgan fingerprint density at radius 1 is 1.26 bits per heavy atom. The molecule has 0 radical (unpaired) electrons. The van der Waals surface area contributed by atoms with Crippen LogP contribution in [0.5, 0.6) is 5.75 Å². The van der Waals surface area contributed by atoms with Crippen LogP contribution in [-0.4, -0.2) is 56.5 Å². The van der Waals surface area contributed by atoms with Crippen molar-refractivity contribution in [1.29, 1.82) is 5.26 Å². The van der Waals surface area contributed by atoms with Gasteiger partial charge in [0, 0.05) is 36.6 Å². The Hall–Kier alpha value is -3.93. The molecule has 1 saturated heterocycles. The summed E-state index contributed by atoms with van der Waals surface area (Å²) in [6.45, 7) is 4.37. The fourth-order valence-corrected chi connectivity index (χ4v) is 6.63. The van der Waals surface area contributed by atoms with Gasteiger partial charge in [0.15, 0.2) is 0 Å². The number of aromatic nitrogens is 4. The van der Waals surface area contributed by atoms with Crippen molar-refractivity contribution in [1.82, 2.24) is 23.8 Å². The summed E-state index contributed by atoms with van der Waals surface area (Å²) in [4.78, 5) is 43.7. The van der Waals surface area contributed by atoms with E-state index in [1.807, 2.05) is 6.07 Å². The first-order chi connectivity index (χ1) is 20.3. The van der Waals surface area contributed by atoms with Gasteiger partial charge in [-0.1, -0.05) is 11.3 Å². The summed E-state index contributed by atoms with van der Waals surface area (Å²) in [7, 11) is 1.44. The number of carbonyl (C=O) groups is 1. The fraction of sp³-hybridized carbons (Fsp3) is 0.414. The molecule has 11 nitrogen and oxygen atoms in total. The summed E-state index contributed by atoms with van der Waals surface area (Å²) in [5.41, 5.74) is -0.305. The van der Waals surface area contributed by atoms with Gasteiger partial charge in [-0.3, -0.25) is 14.2 Å². The third-order valence-electron chi connectivity index (χ3n) is 7.51. The van der Waals surface area contributed by atoms with Gasteiger partial charge in [-0.2, -0.15) is 23.9 Å². The molecule has 5 rings (SSSR count). The summed E-state index contributed by atoms with van der Waals surface area (Å²) in [5.74, 6) is -0.487. The highest BCUT2D eigenvalue weighted by atomic mass is 32.1. The normalized spacial score (nSPS) is 14.3. The summed E-state index contributed by atoms with van der Waals surface area (Å²) in [5, 5.41) is 14.3. The molecule has 14 heteroatoms. The number of thiophene rings is 1. The van der Waals surface area contributed by atoms with Crippen molar-refractivity contribution in [3.05, 3.63) is 74.4 Å². The van der Waals surface area contributed by atoms with E-state index in [1.54, 1.807) is 41.9 Å². The second-order valence-electron chi connectivity index (χ2n) is 10.1. The van der Waals surface area contributed by atoms with Crippen LogP contribution in [0.3, 0.4) is 0 Å². The highest BCUT2D eigenvalue weighted by molar-refractivity contribution is 7.59. The van der Waals surface area contributed by atoms with E-state index in [2.05, 4.69) is 5.10 Å². The van der Waals surface area contributed by atoms with Crippen molar-refractivity contribution in [2.24, 2.45) is 0 Å². The molecule has 1 fully saturated rings. The van der Waals surface area contributed by atoms with Crippen LogP contribution in [0.15, 0.2) is 46.2 Å². The largest absolute Gasteiger partial charge is 0.496 e. The number of ether oxygens (including phenoxy) is 2. The SMILES string of the molecule is COc1ccc(F)cc1[C@H](Cn1c(=O)n([C@@H](C)C(=O)N2CCCC2)c(=O)c2c(C)c(-n3cccn3)sc21)OCCC#N.S. The topological polar surface area (TPSA) is 124 Å². The molecule has 4 heterocycles. The molecule has 1 amide bonds. The zero-order valence-corrected chi connectivity index (χ0v) is 25.9. The molecule has 0 unspecified atom stereocenters. The number of carbonyl (C=O) groups excluding carboxylic acids is 1. The highest BCUT2D eigenvalue weighted by Gasteiger charge is 2.31. The smallest absolute Gasteiger partial charge is 0.332 e. The lowest BCUT2D eigenvalue weighted by atomic mass is 10.1. The standard InChI is InChI=1S/C29H31FN6O5S.H2S/c1-18-24-26(38)36(19(2)25(37)33-12-4-5-13-33)29(39)34(28(24)42-27(18)35-14-7-11-32-35)17-23(41-15-6-10-31)21-16-20(30)8-9-22(21)40-3;/h7-9,11,14,16,19,23H,4-6,12-13,15,17H2,1-3H3;1H2/t19-,23-;/m0./s1. The Kier molecular flexibility index (Phi) is 10.1. The molecule has 0 bridgehead atoms. The molecule has 0 saturated carbocycles. The van der Waals surface area contributed by atoms with Crippen LogP contribution in [0, 0.1) is 24.1 Å². The van der Waals surface area contributed by atoms with E-state index in [0.29, 0.717) is 39.8 Å². The van der Waals surface area contributed by atoms with Crippen molar-refractivity contribution < 1.29 is 18.7 Å². The van der Waals surface area contributed by atoms with Crippen molar-refractivity contribution in [3.63, 3.8) is 0 Å². The Labute approximate surface area is 258 Å². The van der Waals surface area contributed by atoms with Gasteiger partial charge in [0.05, 0.1) is 38.1 Å². The van der Waals surface area contributed by atoms with Crippen LogP contribution in [0.1, 0.15) is 49.5 Å². The predicted molar refractivity (Wildman–Crippen MR) is 165 cm³/mol. The van der Waals surface area contributed by atoms with Gasteiger partial charge < -0.3 is 14.4 Å². The molecule has 2 atom stereocenters. The quantitative estimate of drug-likeness (QED) is 0.245. The van der Waals surface area contributed by atoms with Crippen molar-refractivity contribution in [2.75, 3.05) is 26.8 Å². The van der Waals surface area contributed by atoms with E-state index in [-0.39, 0.29) is 44.4 Å². The second kappa shape index (κ2) is 13.6. The Morgan fingerprint density at radius 3 is 2.65 bits per heavy atom. The lowest BCUT2D eigenvalue weighted by Crippen LogP contribution is -2.47. The van der Waals surface area contributed by atoms with Crippen LogP contribution in [-0.2, 0) is 16.1 Å². The number of hydrogen-bond donors (Lipinski definition) is 0. The number of aryl methyl sites for hydroxylation is 1. The van der Waals surface area contributed by atoms with E-state index in [9.17, 15) is 18.8 Å². The first kappa shape index (κ1) is 32.0. The molecule has 0 spiro atoms. The van der Waals surface area contributed by atoms with E-state index in [1.165, 1.54) is 41.2 Å². The lowest BCUT2D eigenvalue weighted by molar-refractivity contribution is -0.133. The molecule has 3 aromatic heterocycles. The first-order valence-corrected chi connectivity index (χ1v) is 14.5. The summed E-state index contributed by atoms with van der Waals surface area (Å²) >= 11 is 1.21. The number of amides is 1. The summed E-state index contributed by atoms with van der Waals surface area (Å²) < 4.78 is 30.0. The molecule has 1 aliphatic rings. The molecule has 43 heavy (non-hydrogen) atoms. The van der Waals surface area contributed by atoms with Gasteiger partial charge >= 0.3 is 5.69 Å². The lowest BCUT2D eigenvalue weighted by Gasteiger charge is -2.24. The summed E-state index contributed by atoms with van der Waals surface area (Å²) in [6.07, 6.45) is 4.23. The van der Waals surface area contributed by atoms with Gasteiger partial charge in [-0.25, -0.2) is 18.4 Å². The maximum absolute atomic E-state index is 14.4. The van der Waals surface area contributed by atoms with Crippen molar-refractivity contribution >= 4 is 41.0 Å². The average Bonchev–Trinajstić information content (AvgIpc) is 3.76. The number of nitrogens with zero attached hydrogens (tertiary/aromatic N) is 6. The van der Waals surface area contributed by atoms with Crippen LogP contribution in [0.25, 0.3) is 15.2 Å². The van der Waals surface area contributed by atoms with Crippen LogP contribution < -0.4 is 16.0 Å². The molecule has 0 N–H and O–H groups in total. The van der Waals surface area contributed by atoms with E-state index in [4.69, 9.17) is 14.7 Å². The first-order valence-electron chi connectivity index (χ1n) is 13.7. The van der Waals surface area contributed by atoms with E-state index in [0.717, 1.165) is 17.4 Å². The third kappa shape index (κ3) is 6.11. The minimum absolute atomic E-state index is 0. The number of benzene rings is 1. The van der Waals surface area contributed by atoms with E-state index >= 15 is 0 Å². The predicted octanol–water partition coefficient (Wildman–Crippen LogP) is 3.83. The minimum Gasteiger partial charge on any atom is -0.496 e. The number of halogens is 1. The number of methoxy groups -OCH3 is 1. The van der Waals surface area contributed by atoms with Crippen LogP contribution in [0.2, 0.25) is 0 Å². The highest BCUT2D eigenvalue weighted by Crippen LogP contribution is 2.34. The zero-order chi connectivity index (χ0) is 30.0. The molecule has 0 aliphatic carbocycles. The van der Waals surface area contributed by atoms with Crippen LogP contribution >= 0.6 is 24.8 Å². The number of hydrogen-bond acceptors (Lipinski definition) is 8. The number of fused-ring (bicyclic) bond motifs is 1. The van der Waals surface area contributed by atoms with Gasteiger partial charge in [-0.15, -0.1) is 0 Å². The Bertz CT molecular complexity index is 1770. The molecule has 4 aromatic rings. The molecule has 1 aliphatic heterocycles. The number of rotatable bonds is 10. The molecule has 228 valence electrons. The maximum Gasteiger partial charge on any atom is 0.332 e. The Morgan fingerprint density at radius 2 is 2.00 bits per heavy atom. The minimum atomic E-state index is -1.05. The van der Waals surface area contributed by atoms with Crippen LogP contribution in [0.4, 0.5) is 4.39 Å².